The first kappa shape index (κ1) is 23.5. The predicted molar refractivity (Wildman–Crippen MR) is 125 cm³/mol. The Hall–Kier alpha value is -2.68. The summed E-state index contributed by atoms with van der Waals surface area (Å²) in [6.45, 7) is 6.58. The Bertz CT molecular complexity index is 1010. The highest BCUT2D eigenvalue weighted by Gasteiger charge is 2.48. The number of esters is 1. The number of ether oxygens (including phenoxy) is 1. The maximum Gasteiger partial charge on any atom is 0.358 e. The average molecular weight is 473 g/mol. The zero-order valence-electron chi connectivity index (χ0n) is 19.5. The molecule has 1 aliphatic carbocycles. The number of nitrogens with zero attached hydrogens (tertiary/aromatic N) is 3. The molecule has 9 heteroatoms. The fraction of sp³-hybridized carbons (Fsp3) is 0.583. The summed E-state index contributed by atoms with van der Waals surface area (Å²) in [6, 6.07) is 5.60. The molecule has 1 aliphatic heterocycles. The number of thiophene rings is 1. The monoisotopic (exact) mass is 472 g/mol. The van der Waals surface area contributed by atoms with Gasteiger partial charge in [0.25, 0.3) is 5.91 Å². The van der Waals surface area contributed by atoms with Gasteiger partial charge in [0.05, 0.1) is 13.2 Å². The molecule has 0 unspecified atom stereocenters. The minimum atomic E-state index is -1.11. The van der Waals surface area contributed by atoms with Crippen molar-refractivity contribution < 1.29 is 19.1 Å². The maximum absolute atomic E-state index is 13.6. The molecule has 2 aromatic rings. The van der Waals surface area contributed by atoms with Crippen LogP contribution in [0.15, 0.2) is 23.6 Å². The van der Waals surface area contributed by atoms with Crippen molar-refractivity contribution in [1.82, 2.24) is 20.0 Å². The molecule has 0 radical (unpaired) electrons. The van der Waals surface area contributed by atoms with E-state index in [1.807, 2.05) is 17.5 Å². The summed E-state index contributed by atoms with van der Waals surface area (Å²) in [5.41, 5.74) is -0.715. The molecule has 1 fully saturated rings. The lowest BCUT2D eigenvalue weighted by Gasteiger charge is -2.44. The van der Waals surface area contributed by atoms with E-state index in [0.717, 1.165) is 30.6 Å². The second-order valence-corrected chi connectivity index (χ2v) is 10.3. The normalized spacial score (nSPS) is 24.9. The summed E-state index contributed by atoms with van der Waals surface area (Å²) in [5, 5.41) is 9.53. The minimum Gasteiger partial charge on any atom is -0.461 e. The fourth-order valence-electron chi connectivity index (χ4n) is 4.72. The Morgan fingerprint density at radius 1 is 1.30 bits per heavy atom. The van der Waals surface area contributed by atoms with Gasteiger partial charge in [0.2, 0.25) is 5.91 Å². The number of amides is 2. The van der Waals surface area contributed by atoms with Crippen LogP contribution in [0.1, 0.15) is 72.3 Å². The Labute approximate surface area is 198 Å². The van der Waals surface area contributed by atoms with Crippen LogP contribution < -0.4 is 5.32 Å². The van der Waals surface area contributed by atoms with Crippen LogP contribution >= 0.6 is 11.3 Å². The van der Waals surface area contributed by atoms with Crippen LogP contribution in [-0.2, 0) is 22.5 Å². The molecule has 2 aliphatic rings. The van der Waals surface area contributed by atoms with E-state index in [4.69, 9.17) is 4.74 Å². The van der Waals surface area contributed by atoms with Gasteiger partial charge in [-0.05, 0) is 63.3 Å². The molecule has 2 amide bonds. The summed E-state index contributed by atoms with van der Waals surface area (Å²) in [4.78, 5) is 42.2. The molecular formula is C24H32N4O4S. The van der Waals surface area contributed by atoms with E-state index >= 15 is 0 Å². The average Bonchev–Trinajstić information content (AvgIpc) is 3.45. The van der Waals surface area contributed by atoms with E-state index in [9.17, 15) is 14.4 Å². The van der Waals surface area contributed by atoms with E-state index in [2.05, 4.69) is 17.3 Å². The number of hydrogen-bond acceptors (Lipinski definition) is 6. The van der Waals surface area contributed by atoms with Gasteiger partial charge in [-0.3, -0.25) is 14.3 Å². The van der Waals surface area contributed by atoms with Crippen LogP contribution in [0.25, 0.3) is 0 Å². The summed E-state index contributed by atoms with van der Waals surface area (Å²) < 4.78 is 6.54. The Balaban J connectivity index is 1.61. The lowest BCUT2D eigenvalue weighted by molar-refractivity contribution is -0.134. The number of nitrogens with one attached hydrogen (secondary N) is 1. The molecule has 0 saturated heterocycles. The second kappa shape index (κ2) is 9.67. The van der Waals surface area contributed by atoms with Crippen LogP contribution in [0.5, 0.6) is 0 Å². The van der Waals surface area contributed by atoms with Crippen molar-refractivity contribution in [3.8, 4) is 0 Å². The lowest BCUT2D eigenvalue weighted by atomic mass is 9.86. The van der Waals surface area contributed by atoms with Crippen molar-refractivity contribution in [1.29, 1.82) is 0 Å². The SMILES string of the molecule is CCOC(=O)c1cc2n(n1)C[C@@](C)(C(=O)NC1CCC(C)CC1)N(CCc1cccs1)C2=O. The summed E-state index contributed by atoms with van der Waals surface area (Å²) in [7, 11) is 0. The first-order valence-electron chi connectivity index (χ1n) is 11.7. The number of hydrogen-bond donors (Lipinski definition) is 1. The highest BCUT2D eigenvalue weighted by atomic mass is 32.1. The topological polar surface area (TPSA) is 93.5 Å². The van der Waals surface area contributed by atoms with Crippen LogP contribution in [0.3, 0.4) is 0 Å². The third kappa shape index (κ3) is 4.83. The largest absolute Gasteiger partial charge is 0.461 e. The summed E-state index contributed by atoms with van der Waals surface area (Å²) in [6.07, 6.45) is 4.74. The molecule has 3 heterocycles. The molecule has 4 rings (SSSR count). The van der Waals surface area contributed by atoms with Gasteiger partial charge in [0.1, 0.15) is 11.2 Å². The summed E-state index contributed by atoms with van der Waals surface area (Å²) in [5.74, 6) is -0.351. The van der Waals surface area contributed by atoms with E-state index in [1.54, 1.807) is 30.1 Å². The Kier molecular flexibility index (Phi) is 6.88. The molecule has 1 saturated carbocycles. The highest BCUT2D eigenvalue weighted by molar-refractivity contribution is 7.09. The quantitative estimate of drug-likeness (QED) is 0.624. The van der Waals surface area contributed by atoms with Gasteiger partial charge < -0.3 is 15.0 Å². The molecule has 0 spiro atoms. The van der Waals surface area contributed by atoms with Gasteiger partial charge in [-0.1, -0.05) is 13.0 Å². The lowest BCUT2D eigenvalue weighted by Crippen LogP contribution is -2.65. The van der Waals surface area contributed by atoms with Crippen LogP contribution in [0.2, 0.25) is 0 Å². The van der Waals surface area contributed by atoms with Gasteiger partial charge in [-0.25, -0.2) is 4.79 Å². The van der Waals surface area contributed by atoms with Crippen molar-refractivity contribution >= 4 is 29.1 Å². The van der Waals surface area contributed by atoms with Crippen molar-refractivity contribution in [2.45, 2.75) is 71.0 Å². The van der Waals surface area contributed by atoms with Crippen LogP contribution in [0, 0.1) is 5.92 Å². The number of carbonyl (C=O) groups excluding carboxylic acids is 3. The molecular weight excluding hydrogens is 440 g/mol. The Morgan fingerprint density at radius 3 is 2.73 bits per heavy atom. The number of rotatable bonds is 7. The van der Waals surface area contributed by atoms with Gasteiger partial charge in [-0.15, -0.1) is 11.3 Å². The number of fused-ring (bicyclic) bond motifs is 1. The van der Waals surface area contributed by atoms with E-state index in [1.165, 1.54) is 10.7 Å². The zero-order chi connectivity index (χ0) is 23.6. The second-order valence-electron chi connectivity index (χ2n) is 9.28. The van der Waals surface area contributed by atoms with Crippen LogP contribution in [-0.4, -0.2) is 57.2 Å². The first-order chi connectivity index (χ1) is 15.8. The molecule has 1 atom stereocenters. The van der Waals surface area contributed by atoms with Crippen molar-refractivity contribution in [3.63, 3.8) is 0 Å². The standard InChI is InChI=1S/C24H32N4O4S/c1-4-32-22(30)19-14-20-21(29)27(12-11-18-6-5-13-33-18)24(3,15-28(20)26-19)23(31)25-17-9-7-16(2)8-10-17/h5-6,13-14,16-17H,4,7-12,15H2,1-3H3,(H,25,31)/t16?,17?,24-/m0/s1. The highest BCUT2D eigenvalue weighted by Crippen LogP contribution is 2.30. The van der Waals surface area contributed by atoms with Crippen molar-refractivity contribution in [2.24, 2.45) is 5.92 Å². The van der Waals surface area contributed by atoms with Crippen LogP contribution in [0.4, 0.5) is 0 Å². The number of carbonyl (C=O) groups is 3. The molecule has 1 N–H and O–H groups in total. The molecule has 8 nitrogen and oxygen atoms in total. The van der Waals surface area contributed by atoms with E-state index in [-0.39, 0.29) is 36.7 Å². The molecule has 33 heavy (non-hydrogen) atoms. The van der Waals surface area contributed by atoms with Gasteiger partial charge in [-0.2, -0.15) is 5.10 Å². The predicted octanol–water partition coefficient (Wildman–Crippen LogP) is 3.27. The first-order valence-corrected chi connectivity index (χ1v) is 12.6. The van der Waals surface area contributed by atoms with Gasteiger partial charge >= 0.3 is 5.97 Å². The molecule has 2 aromatic heterocycles. The molecule has 0 aromatic carbocycles. The minimum absolute atomic E-state index is 0.0873. The van der Waals surface area contributed by atoms with E-state index < -0.39 is 11.5 Å². The van der Waals surface area contributed by atoms with E-state index in [0.29, 0.717) is 24.6 Å². The van der Waals surface area contributed by atoms with Crippen molar-refractivity contribution in [3.05, 3.63) is 39.8 Å². The molecule has 0 bridgehead atoms. The number of aromatic nitrogens is 2. The van der Waals surface area contributed by atoms with Gasteiger partial charge in [0, 0.05) is 23.5 Å². The summed E-state index contributed by atoms with van der Waals surface area (Å²) >= 11 is 1.63. The van der Waals surface area contributed by atoms with Gasteiger partial charge in [0.15, 0.2) is 5.69 Å². The maximum atomic E-state index is 13.6. The smallest absolute Gasteiger partial charge is 0.358 e. The zero-order valence-corrected chi connectivity index (χ0v) is 20.3. The third-order valence-corrected chi connectivity index (χ3v) is 7.72. The Morgan fingerprint density at radius 2 is 2.06 bits per heavy atom. The molecule has 178 valence electrons. The van der Waals surface area contributed by atoms with Crippen molar-refractivity contribution in [2.75, 3.05) is 13.2 Å². The third-order valence-electron chi connectivity index (χ3n) is 6.78. The fourth-order valence-corrected chi connectivity index (χ4v) is 5.42.